The molecule has 8 nitrogen and oxygen atoms in total. The van der Waals surface area contributed by atoms with E-state index in [2.05, 4.69) is 30.6 Å². The molecular weight excluding hydrogens is 340 g/mol. The van der Waals surface area contributed by atoms with Crippen LogP contribution in [-0.2, 0) is 6.42 Å². The molecule has 25 heavy (non-hydrogen) atoms. The minimum absolute atomic E-state index is 0.202. The summed E-state index contributed by atoms with van der Waals surface area (Å²) in [6, 6.07) is 5.27. The highest BCUT2D eigenvalue weighted by molar-refractivity contribution is 7.16. The molecule has 3 aromatic heterocycles. The smallest absolute Gasteiger partial charge is 0.388 e. The predicted octanol–water partition coefficient (Wildman–Crippen LogP) is 3.55. The van der Waals surface area contributed by atoms with Gasteiger partial charge in [0, 0.05) is 18.8 Å². The Bertz CT molecular complexity index is 868. The van der Waals surface area contributed by atoms with Crippen LogP contribution in [0.5, 0.6) is 5.88 Å². The van der Waals surface area contributed by atoms with Crippen LogP contribution in [0.3, 0.4) is 0 Å². The predicted molar refractivity (Wildman–Crippen MR) is 95.4 cm³/mol. The van der Waals surface area contributed by atoms with Crippen molar-refractivity contribution in [3.05, 3.63) is 47.6 Å². The highest BCUT2D eigenvalue weighted by Gasteiger charge is 2.15. The standard InChI is InChI=1S/C16H16N6O2S/c1-3-12-18-8-6-13(21-12)22-16(23)24-14-15(25-10(2)19-14)20-11-5-4-7-17-9-11/h4-9,20H,3H2,1-2H3,(H,18,21,22,23). The zero-order chi connectivity index (χ0) is 17.6. The van der Waals surface area contributed by atoms with E-state index in [-0.39, 0.29) is 5.88 Å². The molecule has 0 radical (unpaired) electrons. The summed E-state index contributed by atoms with van der Waals surface area (Å²) in [5.74, 6) is 1.22. The van der Waals surface area contributed by atoms with Gasteiger partial charge in [-0.1, -0.05) is 18.3 Å². The maximum absolute atomic E-state index is 12.1. The molecule has 0 aromatic carbocycles. The maximum atomic E-state index is 12.1. The molecular formula is C16H16N6O2S. The van der Waals surface area contributed by atoms with Crippen molar-refractivity contribution in [3.8, 4) is 5.88 Å². The summed E-state index contributed by atoms with van der Waals surface area (Å²) in [7, 11) is 0. The lowest BCUT2D eigenvalue weighted by atomic mass is 10.4. The summed E-state index contributed by atoms with van der Waals surface area (Å²) in [6.07, 6.45) is 4.95. The number of hydrogen-bond donors (Lipinski definition) is 2. The number of aryl methyl sites for hydroxylation is 2. The van der Waals surface area contributed by atoms with Crippen molar-refractivity contribution in [2.45, 2.75) is 20.3 Å². The van der Waals surface area contributed by atoms with Crippen molar-refractivity contribution < 1.29 is 9.53 Å². The number of nitrogens with zero attached hydrogens (tertiary/aromatic N) is 4. The zero-order valence-corrected chi connectivity index (χ0v) is 14.5. The number of amides is 1. The molecule has 0 bridgehead atoms. The van der Waals surface area contributed by atoms with Crippen molar-refractivity contribution in [3.63, 3.8) is 0 Å². The molecule has 0 atom stereocenters. The molecule has 3 heterocycles. The van der Waals surface area contributed by atoms with Gasteiger partial charge in [-0.15, -0.1) is 0 Å². The first-order valence-corrected chi connectivity index (χ1v) is 8.41. The van der Waals surface area contributed by atoms with Crippen molar-refractivity contribution in [1.82, 2.24) is 19.9 Å². The van der Waals surface area contributed by atoms with Crippen molar-refractivity contribution in [2.24, 2.45) is 0 Å². The average Bonchev–Trinajstić information content (AvgIpc) is 2.94. The van der Waals surface area contributed by atoms with Gasteiger partial charge in [0.05, 0.1) is 16.9 Å². The van der Waals surface area contributed by atoms with E-state index in [4.69, 9.17) is 4.74 Å². The van der Waals surface area contributed by atoms with Gasteiger partial charge >= 0.3 is 6.09 Å². The minimum Gasteiger partial charge on any atom is -0.388 e. The largest absolute Gasteiger partial charge is 0.419 e. The van der Waals surface area contributed by atoms with Gasteiger partial charge in [0.1, 0.15) is 11.6 Å². The highest BCUT2D eigenvalue weighted by Crippen LogP contribution is 2.33. The Hall–Kier alpha value is -3.07. The van der Waals surface area contributed by atoms with Crippen LogP contribution in [0.15, 0.2) is 36.8 Å². The summed E-state index contributed by atoms with van der Waals surface area (Å²) in [5, 5.41) is 7.11. The zero-order valence-electron chi connectivity index (χ0n) is 13.7. The molecule has 128 valence electrons. The lowest BCUT2D eigenvalue weighted by Gasteiger charge is -2.07. The molecule has 0 unspecified atom stereocenters. The van der Waals surface area contributed by atoms with E-state index >= 15 is 0 Å². The molecule has 0 spiro atoms. The van der Waals surface area contributed by atoms with Gasteiger partial charge in [-0.25, -0.2) is 19.7 Å². The average molecular weight is 356 g/mol. The van der Waals surface area contributed by atoms with Crippen LogP contribution in [0, 0.1) is 6.92 Å². The Morgan fingerprint density at radius 2 is 2.16 bits per heavy atom. The van der Waals surface area contributed by atoms with Crippen LogP contribution in [0.4, 0.5) is 21.3 Å². The molecule has 0 aliphatic carbocycles. The fourth-order valence-corrected chi connectivity index (χ4v) is 2.75. The van der Waals surface area contributed by atoms with E-state index in [0.29, 0.717) is 23.1 Å². The van der Waals surface area contributed by atoms with E-state index in [1.165, 1.54) is 11.3 Å². The van der Waals surface area contributed by atoms with Gasteiger partial charge in [0.2, 0.25) is 0 Å². The van der Waals surface area contributed by atoms with Crippen LogP contribution >= 0.6 is 11.3 Å². The molecule has 0 saturated heterocycles. The minimum atomic E-state index is -0.666. The summed E-state index contributed by atoms with van der Waals surface area (Å²) in [6.45, 7) is 3.77. The Kier molecular flexibility index (Phi) is 5.14. The van der Waals surface area contributed by atoms with Crippen LogP contribution < -0.4 is 15.4 Å². The molecule has 0 saturated carbocycles. The number of nitrogens with one attached hydrogen (secondary N) is 2. The monoisotopic (exact) mass is 356 g/mol. The number of rotatable bonds is 5. The van der Waals surface area contributed by atoms with Gasteiger partial charge in [-0.05, 0) is 25.1 Å². The first-order chi connectivity index (χ1) is 12.1. The molecule has 2 N–H and O–H groups in total. The first kappa shape index (κ1) is 16.8. The molecule has 3 rings (SSSR count). The van der Waals surface area contributed by atoms with Crippen molar-refractivity contribution >= 4 is 33.9 Å². The third kappa shape index (κ3) is 4.48. The van der Waals surface area contributed by atoms with E-state index < -0.39 is 6.09 Å². The number of pyridine rings is 1. The molecule has 0 aliphatic heterocycles. The van der Waals surface area contributed by atoms with Gasteiger partial charge in [0.25, 0.3) is 5.88 Å². The number of carbonyl (C=O) groups excluding carboxylic acids is 1. The number of hydrogen-bond acceptors (Lipinski definition) is 8. The van der Waals surface area contributed by atoms with Crippen molar-refractivity contribution in [2.75, 3.05) is 10.6 Å². The summed E-state index contributed by atoms with van der Waals surface area (Å²) < 4.78 is 5.32. The van der Waals surface area contributed by atoms with Crippen molar-refractivity contribution in [1.29, 1.82) is 0 Å². The Morgan fingerprint density at radius 3 is 2.92 bits per heavy atom. The third-order valence-electron chi connectivity index (χ3n) is 3.06. The van der Waals surface area contributed by atoms with Crippen LogP contribution in [0.1, 0.15) is 17.8 Å². The van der Waals surface area contributed by atoms with Gasteiger partial charge in [0.15, 0.2) is 5.00 Å². The third-order valence-corrected chi connectivity index (χ3v) is 3.93. The molecule has 3 aromatic rings. The van der Waals surface area contributed by atoms with Gasteiger partial charge in [-0.3, -0.25) is 10.3 Å². The highest BCUT2D eigenvalue weighted by atomic mass is 32.1. The molecule has 0 fully saturated rings. The number of thiazole rings is 1. The van der Waals surface area contributed by atoms with Crippen LogP contribution in [-0.4, -0.2) is 26.0 Å². The Labute approximate surface area is 148 Å². The van der Waals surface area contributed by atoms with Crippen LogP contribution in [0.25, 0.3) is 0 Å². The SMILES string of the molecule is CCc1nccc(NC(=O)Oc2nc(C)sc2Nc2cccnc2)n1. The fraction of sp³-hybridized carbons (Fsp3) is 0.188. The van der Waals surface area contributed by atoms with E-state index in [1.54, 1.807) is 24.7 Å². The quantitative estimate of drug-likeness (QED) is 0.720. The maximum Gasteiger partial charge on any atom is 0.419 e. The van der Waals surface area contributed by atoms with Gasteiger partial charge in [-0.2, -0.15) is 0 Å². The Morgan fingerprint density at radius 1 is 1.28 bits per heavy atom. The fourth-order valence-electron chi connectivity index (χ4n) is 1.98. The second-order valence-corrected chi connectivity index (χ2v) is 6.16. The second kappa shape index (κ2) is 7.67. The topological polar surface area (TPSA) is 102 Å². The summed E-state index contributed by atoms with van der Waals surface area (Å²) >= 11 is 1.38. The first-order valence-electron chi connectivity index (χ1n) is 7.59. The summed E-state index contributed by atoms with van der Waals surface area (Å²) in [5.41, 5.74) is 0.778. The van der Waals surface area contributed by atoms with E-state index in [9.17, 15) is 4.79 Å². The molecule has 1 amide bonds. The number of carbonyl (C=O) groups is 1. The van der Waals surface area contributed by atoms with Crippen LogP contribution in [0.2, 0.25) is 0 Å². The summed E-state index contributed by atoms with van der Waals surface area (Å²) in [4.78, 5) is 28.7. The second-order valence-electron chi connectivity index (χ2n) is 4.96. The number of anilines is 3. The van der Waals surface area contributed by atoms with Gasteiger partial charge < -0.3 is 10.1 Å². The number of aromatic nitrogens is 4. The lowest BCUT2D eigenvalue weighted by molar-refractivity contribution is 0.213. The molecule has 0 aliphatic rings. The Balaban J connectivity index is 1.70. The lowest BCUT2D eigenvalue weighted by Crippen LogP contribution is -2.18. The van der Waals surface area contributed by atoms with E-state index in [0.717, 1.165) is 10.7 Å². The number of ether oxygens (including phenoxy) is 1. The molecule has 9 heteroatoms. The normalized spacial score (nSPS) is 10.3. The van der Waals surface area contributed by atoms with E-state index in [1.807, 2.05) is 26.0 Å².